The second-order valence-corrected chi connectivity index (χ2v) is 13.3. The van der Waals surface area contributed by atoms with Gasteiger partial charge in [0.1, 0.15) is 17.0 Å². The molecule has 11 rings (SSSR count). The molecule has 0 fully saturated rings. The number of hydrogen-bond donors (Lipinski definition) is 0. The van der Waals surface area contributed by atoms with E-state index in [4.69, 9.17) is 9.97 Å². The number of hydrogen-bond acceptors (Lipinski definition) is 4. The van der Waals surface area contributed by atoms with E-state index in [0.29, 0.717) is 0 Å². The Labute approximate surface area is 299 Å². The van der Waals surface area contributed by atoms with Crippen LogP contribution >= 0.6 is 0 Å². The van der Waals surface area contributed by atoms with Crippen molar-refractivity contribution in [3.05, 3.63) is 176 Å². The topological polar surface area (TPSA) is 46.3 Å². The molecule has 0 saturated heterocycles. The number of nitrogens with zero attached hydrogens (tertiary/aromatic N) is 5. The zero-order valence-corrected chi connectivity index (χ0v) is 28.0. The summed E-state index contributed by atoms with van der Waals surface area (Å²) in [6.07, 6.45) is 3.98. The van der Waals surface area contributed by atoms with Crippen LogP contribution in [-0.4, -0.2) is 19.4 Å². The Bertz CT molecular complexity index is 3060. The van der Waals surface area contributed by atoms with E-state index in [-0.39, 0.29) is 0 Å². The molecule has 0 N–H and O–H groups in total. The molecule has 7 aromatic carbocycles. The lowest BCUT2D eigenvalue weighted by atomic mass is 9.90. The number of aromatic nitrogens is 4. The Kier molecular flexibility index (Phi) is 6.18. The van der Waals surface area contributed by atoms with Crippen LogP contribution in [0.1, 0.15) is 0 Å². The summed E-state index contributed by atoms with van der Waals surface area (Å²) in [6, 6.07) is 57.7. The average molecular weight is 664 g/mol. The molecule has 4 aromatic heterocycles. The molecule has 0 bridgehead atoms. The van der Waals surface area contributed by atoms with E-state index < -0.39 is 0 Å². The van der Waals surface area contributed by atoms with Gasteiger partial charge in [-0.2, -0.15) is 0 Å². The van der Waals surface area contributed by atoms with Gasteiger partial charge in [0.25, 0.3) is 0 Å². The molecule has 0 aliphatic carbocycles. The standard InChI is InChI=1S/C47H29N5/c1-2-11-35(12-3-1)52(41-15-6-7-27-48-41)36-22-18-30(19-23-36)34-26-28-51-42(29-34)50-46-39-13-4-5-14-40(39)49-45(47(46)51)38-25-21-33-17-16-31-9-8-10-32-20-24-37(38)44(33)43(31)32/h1-29H. The summed E-state index contributed by atoms with van der Waals surface area (Å²) in [5, 5.41) is 8.58. The summed E-state index contributed by atoms with van der Waals surface area (Å²) in [5.41, 5.74) is 10.1. The van der Waals surface area contributed by atoms with E-state index in [1.54, 1.807) is 0 Å². The van der Waals surface area contributed by atoms with E-state index in [1.807, 2.05) is 30.5 Å². The lowest BCUT2D eigenvalue weighted by Gasteiger charge is -2.24. The summed E-state index contributed by atoms with van der Waals surface area (Å²) >= 11 is 0. The fraction of sp³-hybridized carbons (Fsp3) is 0. The van der Waals surface area contributed by atoms with Gasteiger partial charge in [-0.1, -0.05) is 109 Å². The van der Waals surface area contributed by atoms with Gasteiger partial charge in [-0.25, -0.2) is 15.0 Å². The van der Waals surface area contributed by atoms with Crippen LogP contribution in [0.4, 0.5) is 17.2 Å². The largest absolute Gasteiger partial charge is 0.298 e. The zero-order chi connectivity index (χ0) is 34.2. The number of pyridine rings is 3. The van der Waals surface area contributed by atoms with Gasteiger partial charge in [0, 0.05) is 34.7 Å². The number of imidazole rings is 1. The number of para-hydroxylation sites is 2. The van der Waals surface area contributed by atoms with Crippen molar-refractivity contribution in [3.8, 4) is 22.4 Å². The molecule has 5 heteroatoms. The summed E-state index contributed by atoms with van der Waals surface area (Å²) in [4.78, 5) is 17.5. The molecule has 0 spiro atoms. The highest BCUT2D eigenvalue weighted by Crippen LogP contribution is 2.42. The van der Waals surface area contributed by atoms with Crippen molar-refractivity contribution in [2.24, 2.45) is 0 Å². The first kappa shape index (κ1) is 28.7. The molecule has 242 valence electrons. The number of fused-ring (bicyclic) bond motifs is 5. The maximum Gasteiger partial charge on any atom is 0.138 e. The Morgan fingerprint density at radius 2 is 1.23 bits per heavy atom. The van der Waals surface area contributed by atoms with Crippen molar-refractivity contribution in [2.45, 2.75) is 0 Å². The van der Waals surface area contributed by atoms with E-state index >= 15 is 0 Å². The molecule has 0 atom stereocenters. The Hall–Kier alpha value is -7.11. The SMILES string of the molecule is c1ccc(N(c2ccc(-c3ccn4c(c3)nc3c5ccccc5nc(-c5ccc6ccc7cccc8ccc5c6c78)c34)cc2)c2ccccn2)cc1. The highest BCUT2D eigenvalue weighted by Gasteiger charge is 2.20. The second-order valence-electron chi connectivity index (χ2n) is 13.3. The quantitative estimate of drug-likeness (QED) is 0.172. The average Bonchev–Trinajstić information content (AvgIpc) is 3.60. The highest BCUT2D eigenvalue weighted by molar-refractivity contribution is 6.26. The van der Waals surface area contributed by atoms with E-state index in [0.717, 1.165) is 67.2 Å². The van der Waals surface area contributed by atoms with Crippen molar-refractivity contribution in [1.82, 2.24) is 19.4 Å². The predicted molar refractivity (Wildman–Crippen MR) is 215 cm³/mol. The lowest BCUT2D eigenvalue weighted by Crippen LogP contribution is -2.11. The maximum atomic E-state index is 5.36. The maximum absolute atomic E-state index is 5.36. The van der Waals surface area contributed by atoms with Crippen LogP contribution in [0, 0.1) is 0 Å². The summed E-state index contributed by atoms with van der Waals surface area (Å²) in [5.74, 6) is 0.869. The van der Waals surface area contributed by atoms with Crippen LogP contribution in [0.5, 0.6) is 0 Å². The third kappa shape index (κ3) is 4.33. The van der Waals surface area contributed by atoms with Crippen LogP contribution in [0.2, 0.25) is 0 Å². The first-order chi connectivity index (χ1) is 25.8. The molecule has 0 saturated carbocycles. The van der Waals surface area contributed by atoms with Gasteiger partial charge in [0.2, 0.25) is 0 Å². The summed E-state index contributed by atoms with van der Waals surface area (Å²) in [7, 11) is 0. The minimum Gasteiger partial charge on any atom is -0.298 e. The van der Waals surface area contributed by atoms with Gasteiger partial charge in [0.15, 0.2) is 0 Å². The third-order valence-electron chi connectivity index (χ3n) is 10.4. The molecule has 0 unspecified atom stereocenters. The smallest absolute Gasteiger partial charge is 0.138 e. The number of anilines is 3. The number of benzene rings is 7. The molecular formula is C47H29N5. The molecule has 5 nitrogen and oxygen atoms in total. The Morgan fingerprint density at radius 1 is 0.500 bits per heavy atom. The number of rotatable bonds is 5. The second kappa shape index (κ2) is 11.2. The fourth-order valence-electron chi connectivity index (χ4n) is 7.99. The van der Waals surface area contributed by atoms with Gasteiger partial charge in [-0.05, 0) is 98.0 Å². The van der Waals surface area contributed by atoms with Crippen molar-refractivity contribution >= 4 is 77.1 Å². The van der Waals surface area contributed by atoms with Crippen molar-refractivity contribution < 1.29 is 0 Å². The molecule has 0 aliphatic rings. The summed E-state index contributed by atoms with van der Waals surface area (Å²) < 4.78 is 2.21. The normalized spacial score (nSPS) is 11.8. The van der Waals surface area contributed by atoms with E-state index in [9.17, 15) is 0 Å². The molecule has 4 heterocycles. The molecule has 0 amide bonds. The Balaban J connectivity index is 1.08. The van der Waals surface area contributed by atoms with Crippen molar-refractivity contribution in [2.75, 3.05) is 4.90 Å². The van der Waals surface area contributed by atoms with Crippen molar-refractivity contribution in [1.29, 1.82) is 0 Å². The Morgan fingerprint density at radius 3 is 2.06 bits per heavy atom. The zero-order valence-electron chi connectivity index (χ0n) is 28.0. The lowest BCUT2D eigenvalue weighted by molar-refractivity contribution is 1.18. The minimum atomic E-state index is 0.869. The van der Waals surface area contributed by atoms with Gasteiger partial charge >= 0.3 is 0 Å². The van der Waals surface area contributed by atoms with Gasteiger partial charge in [-0.3, -0.25) is 9.30 Å². The van der Waals surface area contributed by atoms with E-state index in [1.165, 1.54) is 32.3 Å². The third-order valence-corrected chi connectivity index (χ3v) is 10.4. The molecule has 11 aromatic rings. The van der Waals surface area contributed by atoms with Crippen LogP contribution in [0.3, 0.4) is 0 Å². The minimum absolute atomic E-state index is 0.869. The van der Waals surface area contributed by atoms with Crippen LogP contribution in [0.15, 0.2) is 176 Å². The first-order valence-corrected chi connectivity index (χ1v) is 17.5. The predicted octanol–water partition coefficient (Wildman–Crippen LogP) is 12.1. The molecule has 0 aliphatic heterocycles. The van der Waals surface area contributed by atoms with Gasteiger partial charge < -0.3 is 0 Å². The highest BCUT2D eigenvalue weighted by atomic mass is 15.2. The van der Waals surface area contributed by atoms with Crippen molar-refractivity contribution in [3.63, 3.8) is 0 Å². The molecular weight excluding hydrogens is 635 g/mol. The monoisotopic (exact) mass is 663 g/mol. The van der Waals surface area contributed by atoms with Crippen LogP contribution < -0.4 is 4.90 Å². The fourth-order valence-corrected chi connectivity index (χ4v) is 7.99. The first-order valence-electron chi connectivity index (χ1n) is 17.5. The van der Waals surface area contributed by atoms with Crippen LogP contribution in [0.25, 0.3) is 82.3 Å². The molecule has 52 heavy (non-hydrogen) atoms. The van der Waals surface area contributed by atoms with Crippen LogP contribution in [-0.2, 0) is 0 Å². The van der Waals surface area contributed by atoms with Gasteiger partial charge in [0.05, 0.1) is 16.7 Å². The van der Waals surface area contributed by atoms with E-state index in [2.05, 4.69) is 160 Å². The summed E-state index contributed by atoms with van der Waals surface area (Å²) in [6.45, 7) is 0. The van der Waals surface area contributed by atoms with Gasteiger partial charge in [-0.15, -0.1) is 0 Å². The molecule has 0 radical (unpaired) electrons.